The number of anilines is 1. The summed E-state index contributed by atoms with van der Waals surface area (Å²) >= 11 is 6.19. The molecule has 1 atom stereocenters. The van der Waals surface area contributed by atoms with Crippen molar-refractivity contribution < 1.29 is 9.72 Å². The molecule has 0 bridgehead atoms. The zero-order valence-electron chi connectivity index (χ0n) is 12.1. The maximum absolute atomic E-state index is 11.3. The quantitative estimate of drug-likeness (QED) is 0.662. The molecule has 7 heteroatoms. The number of nitro groups is 1. The van der Waals surface area contributed by atoms with Crippen LogP contribution in [0.4, 0.5) is 11.4 Å². The van der Waals surface area contributed by atoms with E-state index in [1.165, 1.54) is 18.2 Å². The van der Waals surface area contributed by atoms with Gasteiger partial charge in [-0.1, -0.05) is 23.7 Å². The lowest BCUT2D eigenvalue weighted by molar-refractivity contribution is -0.384. The van der Waals surface area contributed by atoms with Crippen molar-refractivity contribution in [3.8, 4) is 0 Å². The largest absolute Gasteiger partial charge is 0.373 e. The van der Waals surface area contributed by atoms with Crippen molar-refractivity contribution in [2.45, 2.75) is 18.9 Å². The number of benzene rings is 2. The first-order valence-electron chi connectivity index (χ1n) is 7.09. The van der Waals surface area contributed by atoms with Crippen molar-refractivity contribution in [2.75, 3.05) is 5.32 Å². The summed E-state index contributed by atoms with van der Waals surface area (Å²) in [5, 5.41) is 15.2. The molecule has 0 aromatic heterocycles. The monoisotopic (exact) mass is 331 g/mol. The van der Waals surface area contributed by atoms with E-state index in [1.807, 2.05) is 18.2 Å². The van der Waals surface area contributed by atoms with Gasteiger partial charge in [-0.3, -0.25) is 14.9 Å². The number of halogens is 1. The molecule has 0 spiro atoms. The number of carbonyl (C=O) groups is 1. The molecule has 0 fully saturated rings. The number of nitrogens with one attached hydrogen (secondary N) is 1. The van der Waals surface area contributed by atoms with E-state index in [0.717, 1.165) is 24.0 Å². The number of nitrogens with two attached hydrogens (primary N) is 1. The molecule has 0 aliphatic heterocycles. The molecular weight excluding hydrogens is 318 g/mol. The summed E-state index contributed by atoms with van der Waals surface area (Å²) in [4.78, 5) is 21.9. The summed E-state index contributed by atoms with van der Waals surface area (Å²) < 4.78 is 0. The van der Waals surface area contributed by atoms with Crippen LogP contribution >= 0.6 is 11.6 Å². The van der Waals surface area contributed by atoms with E-state index in [0.29, 0.717) is 10.7 Å². The number of hydrogen-bond acceptors (Lipinski definition) is 4. The maximum atomic E-state index is 11.3. The van der Waals surface area contributed by atoms with Gasteiger partial charge in [0.05, 0.1) is 11.0 Å². The molecule has 3 N–H and O–H groups in total. The van der Waals surface area contributed by atoms with Gasteiger partial charge >= 0.3 is 0 Å². The predicted molar refractivity (Wildman–Crippen MR) is 87.8 cm³/mol. The molecule has 1 amide bonds. The van der Waals surface area contributed by atoms with Crippen molar-refractivity contribution >= 4 is 28.9 Å². The molecule has 2 aromatic carbocycles. The normalized spacial score (nSPS) is 16.0. The summed E-state index contributed by atoms with van der Waals surface area (Å²) in [5.41, 5.74) is 7.60. The van der Waals surface area contributed by atoms with Crippen LogP contribution in [0, 0.1) is 10.1 Å². The Morgan fingerprint density at radius 1 is 1.35 bits per heavy atom. The van der Waals surface area contributed by atoms with Crippen LogP contribution in [0.5, 0.6) is 0 Å². The minimum absolute atomic E-state index is 0.0539. The van der Waals surface area contributed by atoms with Gasteiger partial charge in [0.2, 0.25) is 5.91 Å². The van der Waals surface area contributed by atoms with Gasteiger partial charge < -0.3 is 11.1 Å². The smallest absolute Gasteiger partial charge is 0.293 e. The van der Waals surface area contributed by atoms with Gasteiger partial charge in [0.25, 0.3) is 5.69 Å². The molecule has 6 nitrogen and oxygen atoms in total. The minimum atomic E-state index is -0.697. The Kier molecular flexibility index (Phi) is 3.92. The summed E-state index contributed by atoms with van der Waals surface area (Å²) in [7, 11) is 0. The van der Waals surface area contributed by atoms with Crippen LogP contribution in [0.3, 0.4) is 0 Å². The van der Waals surface area contributed by atoms with Gasteiger partial charge in [0, 0.05) is 16.7 Å². The molecule has 23 heavy (non-hydrogen) atoms. The van der Waals surface area contributed by atoms with Crippen LogP contribution in [0.15, 0.2) is 36.4 Å². The first-order chi connectivity index (χ1) is 11.0. The molecule has 1 aliphatic rings. The summed E-state index contributed by atoms with van der Waals surface area (Å²) in [6, 6.07) is 9.81. The lowest BCUT2D eigenvalue weighted by Crippen LogP contribution is -2.13. The Hall–Kier alpha value is -2.60. The molecule has 3 rings (SSSR count). The van der Waals surface area contributed by atoms with E-state index in [4.69, 9.17) is 17.3 Å². The molecule has 0 radical (unpaired) electrons. The summed E-state index contributed by atoms with van der Waals surface area (Å²) in [5.74, 6) is -0.697. The van der Waals surface area contributed by atoms with Gasteiger partial charge in [-0.15, -0.1) is 0 Å². The Bertz CT molecular complexity index is 807. The van der Waals surface area contributed by atoms with Crippen molar-refractivity contribution in [1.82, 2.24) is 0 Å². The molecule has 118 valence electrons. The van der Waals surface area contributed by atoms with E-state index >= 15 is 0 Å². The lowest BCUT2D eigenvalue weighted by atomic mass is 10.1. The Morgan fingerprint density at radius 2 is 2.13 bits per heavy atom. The highest BCUT2D eigenvalue weighted by molar-refractivity contribution is 6.31. The molecule has 0 saturated heterocycles. The third kappa shape index (κ3) is 2.85. The van der Waals surface area contributed by atoms with Gasteiger partial charge in [0.1, 0.15) is 5.69 Å². The third-order valence-corrected chi connectivity index (χ3v) is 4.38. The molecule has 0 heterocycles. The number of amides is 1. The fourth-order valence-electron chi connectivity index (χ4n) is 2.91. The average Bonchev–Trinajstić information content (AvgIpc) is 2.92. The molecular formula is C16H14ClN3O3. The second-order valence-corrected chi connectivity index (χ2v) is 5.80. The van der Waals surface area contributed by atoms with E-state index in [-0.39, 0.29) is 17.3 Å². The fourth-order valence-corrected chi connectivity index (χ4v) is 3.18. The highest BCUT2D eigenvalue weighted by Crippen LogP contribution is 2.39. The number of hydrogen-bond donors (Lipinski definition) is 2. The summed E-state index contributed by atoms with van der Waals surface area (Å²) in [6.07, 6.45) is 1.62. The number of fused-ring (bicyclic) bond motifs is 1. The second-order valence-electron chi connectivity index (χ2n) is 5.40. The topological polar surface area (TPSA) is 98.3 Å². The first-order valence-corrected chi connectivity index (χ1v) is 7.47. The Morgan fingerprint density at radius 3 is 2.83 bits per heavy atom. The van der Waals surface area contributed by atoms with Crippen molar-refractivity contribution in [3.05, 3.63) is 68.2 Å². The summed E-state index contributed by atoms with van der Waals surface area (Å²) in [6.45, 7) is 0. The Balaban J connectivity index is 1.94. The average molecular weight is 332 g/mol. The predicted octanol–water partition coefficient (Wildman–Crippen LogP) is 3.45. The number of rotatable bonds is 4. The standard InChI is InChI=1S/C16H14ClN3O3/c17-12-3-1-2-11-10(12)5-7-13(11)19-14-6-4-9(16(18)21)8-15(14)20(22)23/h1-4,6,8,13,19H,5,7H2,(H2,18,21)/t13-/m0/s1. The Labute approximate surface area is 137 Å². The maximum Gasteiger partial charge on any atom is 0.293 e. The third-order valence-electron chi connectivity index (χ3n) is 4.02. The van der Waals surface area contributed by atoms with E-state index < -0.39 is 10.8 Å². The van der Waals surface area contributed by atoms with Crippen molar-refractivity contribution in [1.29, 1.82) is 0 Å². The van der Waals surface area contributed by atoms with Crippen molar-refractivity contribution in [2.24, 2.45) is 5.73 Å². The van der Waals surface area contributed by atoms with Crippen LogP contribution in [0.25, 0.3) is 0 Å². The number of nitro benzene ring substituents is 1. The highest BCUT2D eigenvalue weighted by atomic mass is 35.5. The molecule has 0 unspecified atom stereocenters. The highest BCUT2D eigenvalue weighted by Gasteiger charge is 2.26. The van der Waals surface area contributed by atoms with Crippen LogP contribution in [0.1, 0.15) is 33.9 Å². The second kappa shape index (κ2) is 5.89. The zero-order chi connectivity index (χ0) is 16.6. The van der Waals surface area contributed by atoms with Crippen molar-refractivity contribution in [3.63, 3.8) is 0 Å². The van der Waals surface area contributed by atoms with E-state index in [2.05, 4.69) is 5.32 Å². The van der Waals surface area contributed by atoms with Gasteiger partial charge in [-0.2, -0.15) is 0 Å². The van der Waals surface area contributed by atoms with E-state index in [9.17, 15) is 14.9 Å². The van der Waals surface area contributed by atoms with Gasteiger partial charge in [0.15, 0.2) is 0 Å². The number of nitrogens with zero attached hydrogens (tertiary/aromatic N) is 1. The minimum Gasteiger partial charge on any atom is -0.373 e. The number of carbonyl (C=O) groups excluding carboxylic acids is 1. The number of primary amides is 1. The van der Waals surface area contributed by atoms with Crippen LogP contribution < -0.4 is 11.1 Å². The van der Waals surface area contributed by atoms with Crippen LogP contribution in [0.2, 0.25) is 5.02 Å². The van der Waals surface area contributed by atoms with Crippen LogP contribution in [-0.4, -0.2) is 10.8 Å². The van der Waals surface area contributed by atoms with Gasteiger partial charge in [-0.05, 0) is 42.2 Å². The fraction of sp³-hybridized carbons (Fsp3) is 0.188. The SMILES string of the molecule is NC(=O)c1ccc(N[C@H]2CCc3c(Cl)cccc32)c([N+](=O)[O-])c1. The first kappa shape index (κ1) is 15.3. The van der Waals surface area contributed by atoms with Crippen LogP contribution in [-0.2, 0) is 6.42 Å². The lowest BCUT2D eigenvalue weighted by Gasteiger charge is -2.16. The molecule has 0 saturated carbocycles. The molecule has 1 aliphatic carbocycles. The van der Waals surface area contributed by atoms with Gasteiger partial charge in [-0.25, -0.2) is 0 Å². The zero-order valence-corrected chi connectivity index (χ0v) is 12.8. The van der Waals surface area contributed by atoms with E-state index in [1.54, 1.807) is 0 Å². The molecule has 2 aromatic rings.